The first-order valence-corrected chi connectivity index (χ1v) is 3.57. The average molecular weight is 180 g/mol. The molecule has 1 N–H and O–H groups in total. The van der Waals surface area contributed by atoms with Gasteiger partial charge < -0.3 is 5.21 Å². The minimum atomic E-state index is -0.465. The van der Waals surface area contributed by atoms with Crippen molar-refractivity contribution in [3.05, 3.63) is 39.4 Å². The lowest BCUT2D eigenvalue weighted by Crippen LogP contribution is -1.92. The summed E-state index contributed by atoms with van der Waals surface area (Å²) in [5.74, 6) is 0. The lowest BCUT2D eigenvalue weighted by Gasteiger charge is -1.97. The van der Waals surface area contributed by atoms with E-state index in [-0.39, 0.29) is 5.69 Å². The number of nitro benzene ring substituents is 1. The van der Waals surface area contributed by atoms with Crippen molar-refractivity contribution in [1.29, 1.82) is 0 Å². The fourth-order valence-corrected chi connectivity index (χ4v) is 0.980. The summed E-state index contributed by atoms with van der Waals surface area (Å²) < 4.78 is 0. The van der Waals surface area contributed by atoms with Crippen molar-refractivity contribution in [3.8, 4) is 0 Å². The van der Waals surface area contributed by atoms with Crippen molar-refractivity contribution in [2.75, 3.05) is 0 Å². The van der Waals surface area contributed by atoms with Gasteiger partial charge in [-0.2, -0.15) is 0 Å². The summed E-state index contributed by atoms with van der Waals surface area (Å²) in [5.41, 5.74) is 1.40. The molecule has 0 saturated carbocycles. The van der Waals surface area contributed by atoms with Gasteiger partial charge >= 0.3 is 0 Å². The van der Waals surface area contributed by atoms with Crippen LogP contribution in [0.4, 0.5) is 5.69 Å². The van der Waals surface area contributed by atoms with Crippen LogP contribution in [0.3, 0.4) is 0 Å². The Morgan fingerprint density at radius 2 is 2.31 bits per heavy atom. The molecule has 5 nitrogen and oxygen atoms in total. The summed E-state index contributed by atoms with van der Waals surface area (Å²) in [4.78, 5) is 9.88. The summed E-state index contributed by atoms with van der Waals surface area (Å²) in [6.07, 6.45) is 1.24. The quantitative estimate of drug-likeness (QED) is 0.326. The number of nitrogens with zero attached hydrogens (tertiary/aromatic N) is 2. The first-order chi connectivity index (χ1) is 6.15. The standard InChI is InChI=1S/C8H8N2O3/c1-6-4-8(10(12)13)3-2-7(6)5-9-11/h2-5,11H,1H3/b9-5-. The lowest BCUT2D eigenvalue weighted by atomic mass is 10.1. The third kappa shape index (κ3) is 2.02. The molecule has 0 aromatic heterocycles. The highest BCUT2D eigenvalue weighted by Gasteiger charge is 2.06. The molecule has 0 aliphatic carbocycles. The predicted octanol–water partition coefficient (Wildman–Crippen LogP) is 1.71. The van der Waals surface area contributed by atoms with Gasteiger partial charge in [0.05, 0.1) is 11.1 Å². The van der Waals surface area contributed by atoms with Gasteiger partial charge in [-0.15, -0.1) is 0 Å². The SMILES string of the molecule is Cc1cc([N+](=O)[O-])ccc1/C=N\O. The fourth-order valence-electron chi connectivity index (χ4n) is 0.980. The van der Waals surface area contributed by atoms with Crippen molar-refractivity contribution in [3.63, 3.8) is 0 Å². The van der Waals surface area contributed by atoms with Crippen molar-refractivity contribution < 1.29 is 10.1 Å². The van der Waals surface area contributed by atoms with E-state index in [2.05, 4.69) is 5.16 Å². The van der Waals surface area contributed by atoms with Gasteiger partial charge in [-0.25, -0.2) is 0 Å². The first kappa shape index (κ1) is 9.18. The normalized spacial score (nSPS) is 10.5. The zero-order valence-electron chi connectivity index (χ0n) is 6.97. The Kier molecular flexibility index (Phi) is 2.59. The molecule has 1 aromatic rings. The molecule has 0 fully saturated rings. The van der Waals surface area contributed by atoms with Crippen molar-refractivity contribution in [2.45, 2.75) is 6.92 Å². The molecule has 0 spiro atoms. The number of hydrogen-bond acceptors (Lipinski definition) is 4. The van der Waals surface area contributed by atoms with Crippen LogP contribution in [0.15, 0.2) is 23.4 Å². The number of aryl methyl sites for hydroxylation is 1. The number of hydrogen-bond donors (Lipinski definition) is 1. The molecule has 0 aliphatic rings. The molecule has 0 unspecified atom stereocenters. The predicted molar refractivity (Wildman–Crippen MR) is 47.2 cm³/mol. The molecule has 0 bridgehead atoms. The maximum Gasteiger partial charge on any atom is 0.269 e. The van der Waals surface area contributed by atoms with Crippen LogP contribution in [0.5, 0.6) is 0 Å². The number of benzene rings is 1. The zero-order valence-corrected chi connectivity index (χ0v) is 6.97. The van der Waals surface area contributed by atoms with Crippen molar-refractivity contribution in [1.82, 2.24) is 0 Å². The Balaban J connectivity index is 3.12. The second-order valence-corrected chi connectivity index (χ2v) is 2.54. The third-order valence-corrected chi connectivity index (χ3v) is 1.66. The molecule has 68 valence electrons. The molecule has 0 aliphatic heterocycles. The van der Waals surface area contributed by atoms with E-state index in [1.54, 1.807) is 6.92 Å². The Labute approximate surface area is 74.5 Å². The number of rotatable bonds is 2. The summed E-state index contributed by atoms with van der Waals surface area (Å²) >= 11 is 0. The van der Waals surface area contributed by atoms with E-state index in [9.17, 15) is 10.1 Å². The average Bonchev–Trinajstić information content (AvgIpc) is 2.08. The summed E-state index contributed by atoms with van der Waals surface area (Å²) in [6.45, 7) is 1.71. The van der Waals surface area contributed by atoms with E-state index in [1.165, 1.54) is 24.4 Å². The highest BCUT2D eigenvalue weighted by molar-refractivity contribution is 5.81. The van der Waals surface area contributed by atoms with E-state index in [0.29, 0.717) is 11.1 Å². The molecular formula is C8H8N2O3. The van der Waals surface area contributed by atoms with E-state index in [0.717, 1.165) is 0 Å². The molecule has 5 heteroatoms. The lowest BCUT2D eigenvalue weighted by molar-refractivity contribution is -0.384. The van der Waals surface area contributed by atoms with Gasteiger partial charge in [-0.1, -0.05) is 5.16 Å². The highest BCUT2D eigenvalue weighted by Crippen LogP contribution is 2.15. The molecule has 0 saturated heterocycles. The molecule has 0 radical (unpaired) electrons. The van der Waals surface area contributed by atoms with Gasteiger partial charge in [0.1, 0.15) is 0 Å². The van der Waals surface area contributed by atoms with Crippen LogP contribution >= 0.6 is 0 Å². The minimum absolute atomic E-state index is 0.0348. The van der Waals surface area contributed by atoms with Crippen molar-refractivity contribution >= 4 is 11.9 Å². The van der Waals surface area contributed by atoms with Crippen LogP contribution in [0.1, 0.15) is 11.1 Å². The second kappa shape index (κ2) is 3.66. The minimum Gasteiger partial charge on any atom is -0.411 e. The maximum atomic E-state index is 10.3. The summed E-state index contributed by atoms with van der Waals surface area (Å²) in [6, 6.07) is 4.33. The van der Waals surface area contributed by atoms with Gasteiger partial charge in [-0.05, 0) is 24.1 Å². The summed E-state index contributed by atoms with van der Waals surface area (Å²) in [7, 11) is 0. The molecule has 1 aromatic carbocycles. The van der Waals surface area contributed by atoms with Crippen molar-refractivity contribution in [2.24, 2.45) is 5.16 Å². The van der Waals surface area contributed by atoms with Crippen LogP contribution in [0.2, 0.25) is 0 Å². The Hall–Kier alpha value is -1.91. The Bertz CT molecular complexity index is 360. The summed E-state index contributed by atoms with van der Waals surface area (Å²) in [5, 5.41) is 21.4. The number of oxime groups is 1. The molecule has 1 rings (SSSR count). The van der Waals surface area contributed by atoms with Gasteiger partial charge in [0.25, 0.3) is 5.69 Å². The van der Waals surface area contributed by atoms with Crippen LogP contribution in [-0.4, -0.2) is 16.3 Å². The van der Waals surface area contributed by atoms with E-state index >= 15 is 0 Å². The first-order valence-electron chi connectivity index (χ1n) is 3.57. The zero-order chi connectivity index (χ0) is 9.84. The molecule has 0 atom stereocenters. The van der Waals surface area contributed by atoms with Gasteiger partial charge in [0, 0.05) is 12.1 Å². The van der Waals surface area contributed by atoms with Crippen LogP contribution in [0, 0.1) is 17.0 Å². The molecule has 0 heterocycles. The largest absolute Gasteiger partial charge is 0.411 e. The molecular weight excluding hydrogens is 172 g/mol. The fraction of sp³-hybridized carbons (Fsp3) is 0.125. The van der Waals surface area contributed by atoms with Gasteiger partial charge in [-0.3, -0.25) is 10.1 Å². The molecule has 0 amide bonds. The maximum absolute atomic E-state index is 10.3. The number of nitro groups is 1. The van der Waals surface area contributed by atoms with E-state index in [1.807, 2.05) is 0 Å². The van der Waals surface area contributed by atoms with Gasteiger partial charge in [0.15, 0.2) is 0 Å². The van der Waals surface area contributed by atoms with Gasteiger partial charge in [0.2, 0.25) is 0 Å². The Morgan fingerprint density at radius 1 is 1.62 bits per heavy atom. The van der Waals surface area contributed by atoms with Crippen LogP contribution in [0.25, 0.3) is 0 Å². The van der Waals surface area contributed by atoms with E-state index in [4.69, 9.17) is 5.21 Å². The van der Waals surface area contributed by atoms with Crippen LogP contribution < -0.4 is 0 Å². The third-order valence-electron chi connectivity index (χ3n) is 1.66. The highest BCUT2D eigenvalue weighted by atomic mass is 16.6. The van der Waals surface area contributed by atoms with E-state index < -0.39 is 4.92 Å². The second-order valence-electron chi connectivity index (χ2n) is 2.54. The topological polar surface area (TPSA) is 75.7 Å². The van der Waals surface area contributed by atoms with Crippen LogP contribution in [-0.2, 0) is 0 Å². The Morgan fingerprint density at radius 3 is 2.77 bits per heavy atom. The smallest absolute Gasteiger partial charge is 0.269 e. The monoisotopic (exact) mass is 180 g/mol. The number of non-ortho nitro benzene ring substituents is 1. The molecule has 13 heavy (non-hydrogen) atoms.